The highest BCUT2D eigenvalue weighted by molar-refractivity contribution is 9.10. The Morgan fingerprint density at radius 1 is 1.52 bits per heavy atom. The van der Waals surface area contributed by atoms with E-state index >= 15 is 0 Å². The first-order valence-corrected chi connectivity index (χ1v) is 8.27. The van der Waals surface area contributed by atoms with Crippen LogP contribution >= 0.6 is 15.9 Å². The smallest absolute Gasteiger partial charge is 0.283 e. The first kappa shape index (κ1) is 16.2. The van der Waals surface area contributed by atoms with Crippen molar-refractivity contribution in [3.8, 4) is 0 Å². The molecule has 5 nitrogen and oxygen atoms in total. The van der Waals surface area contributed by atoms with E-state index in [1.165, 1.54) is 30.6 Å². The maximum atomic E-state index is 12.1. The molecule has 0 unspecified atom stereocenters. The number of rotatable bonds is 6. The molecule has 0 saturated carbocycles. The Balaban J connectivity index is 1.93. The quantitative estimate of drug-likeness (QED) is 0.796. The van der Waals surface area contributed by atoms with E-state index in [0.717, 1.165) is 18.8 Å². The SMILES string of the molecule is C=CCn1ncc(NCC2CCN(CC)CC2)c(Br)c1=O. The van der Waals surface area contributed by atoms with E-state index in [9.17, 15) is 4.79 Å². The molecule has 2 rings (SSSR count). The first-order valence-electron chi connectivity index (χ1n) is 7.48. The Labute approximate surface area is 134 Å². The molecule has 6 heteroatoms. The highest BCUT2D eigenvalue weighted by Gasteiger charge is 2.18. The molecule has 0 aromatic carbocycles. The van der Waals surface area contributed by atoms with Gasteiger partial charge < -0.3 is 10.2 Å². The summed E-state index contributed by atoms with van der Waals surface area (Å²) in [4.78, 5) is 14.5. The van der Waals surface area contributed by atoms with Crippen molar-refractivity contribution in [3.05, 3.63) is 33.7 Å². The highest BCUT2D eigenvalue weighted by Crippen LogP contribution is 2.20. The summed E-state index contributed by atoms with van der Waals surface area (Å²) < 4.78 is 1.94. The number of likely N-dealkylation sites (tertiary alicyclic amines) is 1. The van der Waals surface area contributed by atoms with Crippen molar-refractivity contribution < 1.29 is 0 Å². The molecule has 21 heavy (non-hydrogen) atoms. The zero-order chi connectivity index (χ0) is 15.2. The molecule has 0 spiro atoms. The van der Waals surface area contributed by atoms with Crippen LogP contribution in [-0.4, -0.2) is 40.9 Å². The van der Waals surface area contributed by atoms with Crippen molar-refractivity contribution in [2.24, 2.45) is 5.92 Å². The predicted octanol–water partition coefficient (Wildman–Crippen LogP) is 2.34. The molecular formula is C15H23BrN4O. The molecule has 1 aliphatic rings. The molecular weight excluding hydrogens is 332 g/mol. The molecule has 116 valence electrons. The summed E-state index contributed by atoms with van der Waals surface area (Å²) >= 11 is 3.37. The molecule has 1 aliphatic heterocycles. The second-order valence-corrected chi connectivity index (χ2v) is 6.20. The third-order valence-electron chi connectivity index (χ3n) is 4.02. The summed E-state index contributed by atoms with van der Waals surface area (Å²) in [7, 11) is 0. The van der Waals surface area contributed by atoms with Crippen LogP contribution in [0.4, 0.5) is 5.69 Å². The van der Waals surface area contributed by atoms with Crippen LogP contribution in [-0.2, 0) is 6.54 Å². The van der Waals surface area contributed by atoms with Crippen molar-refractivity contribution in [1.82, 2.24) is 14.7 Å². The van der Waals surface area contributed by atoms with Gasteiger partial charge in [-0.1, -0.05) is 13.0 Å². The molecule has 1 saturated heterocycles. The maximum absolute atomic E-state index is 12.1. The van der Waals surface area contributed by atoms with E-state index in [-0.39, 0.29) is 5.56 Å². The monoisotopic (exact) mass is 354 g/mol. The van der Waals surface area contributed by atoms with Gasteiger partial charge in [-0.2, -0.15) is 5.10 Å². The van der Waals surface area contributed by atoms with Gasteiger partial charge in [-0.25, -0.2) is 4.68 Å². The number of halogens is 1. The van der Waals surface area contributed by atoms with Crippen molar-refractivity contribution in [2.75, 3.05) is 31.5 Å². The summed E-state index contributed by atoms with van der Waals surface area (Å²) in [6, 6.07) is 0. The fourth-order valence-electron chi connectivity index (χ4n) is 2.60. The van der Waals surface area contributed by atoms with Gasteiger partial charge in [-0.05, 0) is 54.3 Å². The van der Waals surface area contributed by atoms with E-state index < -0.39 is 0 Å². The topological polar surface area (TPSA) is 50.2 Å². The Hall–Kier alpha value is -1.14. The number of nitrogens with one attached hydrogen (secondary N) is 1. The first-order chi connectivity index (χ1) is 10.2. The normalized spacial score (nSPS) is 16.9. The Morgan fingerprint density at radius 2 is 2.24 bits per heavy atom. The second-order valence-electron chi connectivity index (χ2n) is 5.41. The van der Waals surface area contributed by atoms with Gasteiger partial charge in [0.15, 0.2) is 0 Å². The summed E-state index contributed by atoms with van der Waals surface area (Å²) in [6.07, 6.45) is 5.78. The minimum atomic E-state index is -0.124. The van der Waals surface area contributed by atoms with Crippen LogP contribution in [0.2, 0.25) is 0 Å². The molecule has 1 aromatic heterocycles. The van der Waals surface area contributed by atoms with Crippen LogP contribution in [0.1, 0.15) is 19.8 Å². The van der Waals surface area contributed by atoms with Crippen LogP contribution in [0, 0.1) is 5.92 Å². The lowest BCUT2D eigenvalue weighted by molar-refractivity contribution is 0.198. The molecule has 0 atom stereocenters. The van der Waals surface area contributed by atoms with Gasteiger partial charge in [0.2, 0.25) is 0 Å². The number of hydrogen-bond donors (Lipinski definition) is 1. The Bertz CT molecular complexity index is 535. The number of aromatic nitrogens is 2. The van der Waals surface area contributed by atoms with Crippen LogP contribution in [0.5, 0.6) is 0 Å². The van der Waals surface area contributed by atoms with Crippen molar-refractivity contribution in [3.63, 3.8) is 0 Å². The average molecular weight is 355 g/mol. The number of allylic oxidation sites excluding steroid dienone is 1. The van der Waals surface area contributed by atoms with Gasteiger partial charge in [0.05, 0.1) is 18.4 Å². The Kier molecular flexibility index (Phi) is 5.99. The minimum Gasteiger partial charge on any atom is -0.382 e. The van der Waals surface area contributed by atoms with Crippen molar-refractivity contribution in [1.29, 1.82) is 0 Å². The third-order valence-corrected chi connectivity index (χ3v) is 4.79. The summed E-state index contributed by atoms with van der Waals surface area (Å²) in [5, 5.41) is 7.51. The fourth-order valence-corrected chi connectivity index (χ4v) is 3.05. The predicted molar refractivity (Wildman–Crippen MR) is 89.7 cm³/mol. The molecule has 0 aliphatic carbocycles. The second kappa shape index (κ2) is 7.75. The third kappa shape index (κ3) is 4.17. The molecule has 1 fully saturated rings. The van der Waals surface area contributed by atoms with Gasteiger partial charge in [-0.15, -0.1) is 6.58 Å². The Morgan fingerprint density at radius 3 is 2.86 bits per heavy atom. The lowest BCUT2D eigenvalue weighted by Crippen LogP contribution is -2.35. The molecule has 0 amide bonds. The summed E-state index contributed by atoms with van der Waals surface area (Å²) in [6.45, 7) is 10.6. The van der Waals surface area contributed by atoms with E-state index in [2.05, 4.69) is 44.7 Å². The molecule has 0 radical (unpaired) electrons. The van der Waals surface area contributed by atoms with Crippen LogP contribution in [0.15, 0.2) is 28.1 Å². The summed E-state index contributed by atoms with van der Waals surface area (Å²) in [5.74, 6) is 0.662. The number of hydrogen-bond acceptors (Lipinski definition) is 4. The van der Waals surface area contributed by atoms with Crippen LogP contribution in [0.25, 0.3) is 0 Å². The zero-order valence-corrected chi connectivity index (χ0v) is 14.1. The summed E-state index contributed by atoms with van der Waals surface area (Å²) in [5.41, 5.74) is 0.652. The fraction of sp³-hybridized carbons (Fsp3) is 0.600. The van der Waals surface area contributed by atoms with Gasteiger partial charge >= 0.3 is 0 Å². The van der Waals surface area contributed by atoms with E-state index in [0.29, 0.717) is 16.9 Å². The van der Waals surface area contributed by atoms with E-state index in [4.69, 9.17) is 0 Å². The van der Waals surface area contributed by atoms with E-state index in [1.807, 2.05) is 0 Å². The number of anilines is 1. The zero-order valence-electron chi connectivity index (χ0n) is 12.5. The van der Waals surface area contributed by atoms with Gasteiger partial charge in [-0.3, -0.25) is 4.79 Å². The largest absolute Gasteiger partial charge is 0.382 e. The van der Waals surface area contributed by atoms with Crippen LogP contribution < -0.4 is 10.9 Å². The number of nitrogens with zero attached hydrogens (tertiary/aromatic N) is 3. The van der Waals surface area contributed by atoms with Gasteiger partial charge in [0.25, 0.3) is 5.56 Å². The minimum absolute atomic E-state index is 0.124. The van der Waals surface area contributed by atoms with Crippen LogP contribution in [0.3, 0.4) is 0 Å². The maximum Gasteiger partial charge on any atom is 0.283 e. The molecule has 1 aromatic rings. The van der Waals surface area contributed by atoms with Crippen molar-refractivity contribution in [2.45, 2.75) is 26.3 Å². The van der Waals surface area contributed by atoms with Crippen molar-refractivity contribution >= 4 is 21.6 Å². The van der Waals surface area contributed by atoms with Gasteiger partial charge in [0, 0.05) is 6.54 Å². The highest BCUT2D eigenvalue weighted by atomic mass is 79.9. The molecule has 1 N–H and O–H groups in total. The lowest BCUT2D eigenvalue weighted by atomic mass is 9.97. The standard InChI is InChI=1S/C15H23BrN4O/c1-3-7-20-15(21)14(16)13(11-18-20)17-10-12-5-8-19(4-2)9-6-12/h3,11-12,17H,1,4-10H2,2H3. The molecule has 2 heterocycles. The lowest BCUT2D eigenvalue weighted by Gasteiger charge is -2.31. The van der Waals surface area contributed by atoms with Gasteiger partial charge in [0.1, 0.15) is 4.47 Å². The molecule has 0 bridgehead atoms. The average Bonchev–Trinajstić information content (AvgIpc) is 2.52. The van der Waals surface area contributed by atoms with E-state index in [1.54, 1.807) is 12.3 Å². The number of piperidine rings is 1.